The third kappa shape index (κ3) is 4.04. The molecule has 0 aliphatic heterocycles. The van der Waals surface area contributed by atoms with Crippen molar-refractivity contribution in [3.63, 3.8) is 0 Å². The fourth-order valence-electron chi connectivity index (χ4n) is 2.87. The number of aromatic nitrogens is 4. The molecule has 0 unspecified atom stereocenters. The summed E-state index contributed by atoms with van der Waals surface area (Å²) in [5, 5.41) is 13.4. The van der Waals surface area contributed by atoms with Gasteiger partial charge in [0.2, 0.25) is 0 Å². The number of amides is 1. The molecule has 148 valence electrons. The zero-order valence-corrected chi connectivity index (χ0v) is 17.0. The molecule has 0 radical (unpaired) electrons. The van der Waals surface area contributed by atoms with E-state index in [1.807, 2.05) is 55.9 Å². The molecule has 0 bridgehead atoms. The summed E-state index contributed by atoms with van der Waals surface area (Å²) in [4.78, 5) is 17.2. The maximum Gasteiger partial charge on any atom is 0.280 e. The Morgan fingerprint density at radius 1 is 1.28 bits per heavy atom. The largest absolute Gasteiger partial charge is 0.489 e. The Morgan fingerprint density at radius 2 is 2.07 bits per heavy atom. The second kappa shape index (κ2) is 7.88. The van der Waals surface area contributed by atoms with E-state index in [9.17, 15) is 4.79 Å². The summed E-state index contributed by atoms with van der Waals surface area (Å²) in [6.45, 7) is 3.85. The van der Waals surface area contributed by atoms with E-state index in [1.54, 1.807) is 11.6 Å². The number of nitrogens with one attached hydrogen (secondary N) is 1. The van der Waals surface area contributed by atoms with Gasteiger partial charge >= 0.3 is 0 Å². The highest BCUT2D eigenvalue weighted by Gasteiger charge is 2.22. The van der Waals surface area contributed by atoms with Gasteiger partial charge in [0.15, 0.2) is 10.8 Å². The van der Waals surface area contributed by atoms with E-state index in [0.29, 0.717) is 22.2 Å². The molecule has 0 saturated heterocycles. The van der Waals surface area contributed by atoms with E-state index in [-0.39, 0.29) is 12.3 Å². The lowest BCUT2D eigenvalue weighted by Gasteiger charge is -2.06. The highest BCUT2D eigenvalue weighted by Crippen LogP contribution is 2.27. The van der Waals surface area contributed by atoms with Crippen LogP contribution >= 0.6 is 11.3 Å². The Balaban J connectivity index is 1.49. The van der Waals surface area contributed by atoms with E-state index in [1.165, 1.54) is 11.3 Å². The number of ether oxygens (including phenoxy) is 1. The molecule has 0 fully saturated rings. The van der Waals surface area contributed by atoms with Gasteiger partial charge in [-0.1, -0.05) is 23.4 Å². The maximum atomic E-state index is 12.7. The van der Waals surface area contributed by atoms with Crippen LogP contribution in [-0.2, 0) is 13.7 Å². The van der Waals surface area contributed by atoms with Crippen LogP contribution in [0, 0.1) is 13.8 Å². The minimum Gasteiger partial charge on any atom is -0.489 e. The summed E-state index contributed by atoms with van der Waals surface area (Å²) in [5.41, 5.74) is 3.36. The van der Waals surface area contributed by atoms with Gasteiger partial charge in [-0.15, -0.1) is 11.3 Å². The number of aryl methyl sites for hydroxylation is 3. The quantitative estimate of drug-likeness (QED) is 0.518. The van der Waals surface area contributed by atoms with Gasteiger partial charge in [-0.05, 0) is 26.0 Å². The molecule has 4 aromatic rings. The van der Waals surface area contributed by atoms with Gasteiger partial charge in [-0.2, -0.15) is 5.10 Å². The molecule has 3 aromatic heterocycles. The van der Waals surface area contributed by atoms with Gasteiger partial charge in [-0.3, -0.25) is 14.8 Å². The molecule has 29 heavy (non-hydrogen) atoms. The molecule has 0 atom stereocenters. The molecule has 4 rings (SSSR count). The molecular formula is C20H19N5O3S. The normalized spacial score (nSPS) is 10.9. The molecule has 1 amide bonds. The first-order chi connectivity index (χ1) is 14.0. The maximum absolute atomic E-state index is 12.7. The van der Waals surface area contributed by atoms with Crippen LogP contribution < -0.4 is 10.1 Å². The van der Waals surface area contributed by atoms with Gasteiger partial charge in [0.25, 0.3) is 5.91 Å². The number of hydrogen-bond donors (Lipinski definition) is 1. The third-order valence-electron chi connectivity index (χ3n) is 4.34. The van der Waals surface area contributed by atoms with Crippen molar-refractivity contribution in [2.45, 2.75) is 20.5 Å². The van der Waals surface area contributed by atoms with Gasteiger partial charge < -0.3 is 9.26 Å². The summed E-state index contributed by atoms with van der Waals surface area (Å²) < 4.78 is 12.7. The van der Waals surface area contributed by atoms with Crippen molar-refractivity contribution in [1.82, 2.24) is 19.9 Å². The van der Waals surface area contributed by atoms with E-state index in [2.05, 4.69) is 20.6 Å². The number of rotatable bonds is 6. The van der Waals surface area contributed by atoms with Crippen LogP contribution in [0.15, 0.2) is 46.4 Å². The Hall–Kier alpha value is -3.46. The smallest absolute Gasteiger partial charge is 0.280 e. The highest BCUT2D eigenvalue weighted by molar-refractivity contribution is 7.14. The summed E-state index contributed by atoms with van der Waals surface area (Å²) in [7, 11) is 1.86. The van der Waals surface area contributed by atoms with Crippen LogP contribution in [0.4, 0.5) is 5.13 Å². The molecule has 8 nitrogen and oxygen atoms in total. The zero-order valence-electron chi connectivity index (χ0n) is 16.2. The number of thiazole rings is 1. The Kier molecular flexibility index (Phi) is 5.13. The molecule has 1 N–H and O–H groups in total. The van der Waals surface area contributed by atoms with Crippen molar-refractivity contribution in [2.24, 2.45) is 7.05 Å². The van der Waals surface area contributed by atoms with Crippen molar-refractivity contribution >= 4 is 22.4 Å². The van der Waals surface area contributed by atoms with Crippen molar-refractivity contribution < 1.29 is 14.1 Å². The standard InChI is InChI=1S/C20H19N5O3S/c1-12-15(9-25(3)23-12)17-11-29-20(21-17)22-19(26)18-16(13(2)28-24-18)10-27-14-7-5-4-6-8-14/h4-9,11H,10H2,1-3H3,(H,21,22,26). The third-order valence-corrected chi connectivity index (χ3v) is 5.10. The average Bonchev–Trinajstić information content (AvgIpc) is 3.40. The zero-order chi connectivity index (χ0) is 20.4. The first-order valence-electron chi connectivity index (χ1n) is 8.91. The van der Waals surface area contributed by atoms with Crippen LogP contribution in [0.5, 0.6) is 5.75 Å². The summed E-state index contributed by atoms with van der Waals surface area (Å²) in [6.07, 6.45) is 1.90. The van der Waals surface area contributed by atoms with E-state index in [4.69, 9.17) is 9.26 Å². The lowest BCUT2D eigenvalue weighted by atomic mass is 10.2. The predicted octanol–water partition coefficient (Wildman–Crippen LogP) is 3.98. The first kappa shape index (κ1) is 18.9. The lowest BCUT2D eigenvalue weighted by molar-refractivity contribution is 0.101. The van der Waals surface area contributed by atoms with Crippen molar-refractivity contribution in [3.05, 3.63) is 64.6 Å². The summed E-state index contributed by atoms with van der Waals surface area (Å²) in [6, 6.07) is 9.37. The number of anilines is 1. The van der Waals surface area contributed by atoms with Gasteiger partial charge in [0, 0.05) is 24.2 Å². The van der Waals surface area contributed by atoms with Crippen LogP contribution in [0.25, 0.3) is 11.3 Å². The Labute approximate surface area is 171 Å². The Morgan fingerprint density at radius 3 is 2.79 bits per heavy atom. The van der Waals surface area contributed by atoms with Crippen molar-refractivity contribution in [2.75, 3.05) is 5.32 Å². The summed E-state index contributed by atoms with van der Waals surface area (Å²) >= 11 is 1.34. The minimum atomic E-state index is -0.391. The van der Waals surface area contributed by atoms with Crippen molar-refractivity contribution in [1.29, 1.82) is 0 Å². The molecule has 3 heterocycles. The number of para-hydroxylation sites is 1. The number of carbonyl (C=O) groups is 1. The first-order valence-corrected chi connectivity index (χ1v) is 9.79. The highest BCUT2D eigenvalue weighted by atomic mass is 32.1. The molecule has 0 aliphatic carbocycles. The van der Waals surface area contributed by atoms with Crippen molar-refractivity contribution in [3.8, 4) is 17.0 Å². The number of benzene rings is 1. The number of carbonyl (C=O) groups excluding carboxylic acids is 1. The molecule has 1 aromatic carbocycles. The van der Waals surface area contributed by atoms with Gasteiger partial charge in [0.05, 0.1) is 17.0 Å². The number of hydrogen-bond acceptors (Lipinski definition) is 7. The SMILES string of the molecule is Cc1nn(C)cc1-c1csc(NC(=O)c2noc(C)c2COc2ccccc2)n1. The van der Waals surface area contributed by atoms with Gasteiger partial charge in [0.1, 0.15) is 18.1 Å². The van der Waals surface area contributed by atoms with Crippen LogP contribution in [-0.4, -0.2) is 25.8 Å². The monoisotopic (exact) mass is 409 g/mol. The minimum absolute atomic E-state index is 0.181. The number of nitrogens with zero attached hydrogens (tertiary/aromatic N) is 4. The van der Waals surface area contributed by atoms with Crippen LogP contribution in [0.2, 0.25) is 0 Å². The van der Waals surface area contributed by atoms with E-state index in [0.717, 1.165) is 17.0 Å². The molecule has 9 heteroatoms. The van der Waals surface area contributed by atoms with Gasteiger partial charge in [-0.25, -0.2) is 4.98 Å². The second-order valence-electron chi connectivity index (χ2n) is 6.46. The topological polar surface area (TPSA) is 95.1 Å². The fraction of sp³-hybridized carbons (Fsp3) is 0.200. The molecular weight excluding hydrogens is 390 g/mol. The van der Waals surface area contributed by atoms with Crippen LogP contribution in [0.3, 0.4) is 0 Å². The Bertz CT molecular complexity index is 1150. The predicted molar refractivity (Wildman–Crippen MR) is 109 cm³/mol. The molecule has 0 saturated carbocycles. The van der Waals surface area contributed by atoms with E-state index >= 15 is 0 Å². The lowest BCUT2D eigenvalue weighted by Crippen LogP contribution is -2.15. The molecule has 0 spiro atoms. The average molecular weight is 409 g/mol. The van der Waals surface area contributed by atoms with Crippen LogP contribution in [0.1, 0.15) is 27.5 Å². The second-order valence-corrected chi connectivity index (χ2v) is 7.32. The van der Waals surface area contributed by atoms with E-state index < -0.39 is 5.91 Å². The molecule has 0 aliphatic rings. The fourth-order valence-corrected chi connectivity index (χ4v) is 3.58. The summed E-state index contributed by atoms with van der Waals surface area (Å²) in [5.74, 6) is 0.852.